The zero-order valence-electron chi connectivity index (χ0n) is 15.7. The summed E-state index contributed by atoms with van der Waals surface area (Å²) in [6, 6.07) is 17.5. The molecule has 1 aliphatic heterocycles. The Hall–Kier alpha value is -2.82. The fourth-order valence-electron chi connectivity index (χ4n) is 3.62. The lowest BCUT2D eigenvalue weighted by atomic mass is 9.84. The lowest BCUT2D eigenvalue weighted by Crippen LogP contribution is -2.48. The molecule has 1 N–H and O–H groups in total. The van der Waals surface area contributed by atoms with Crippen LogP contribution in [0.3, 0.4) is 0 Å². The van der Waals surface area contributed by atoms with Crippen molar-refractivity contribution in [2.45, 2.75) is 44.8 Å². The Kier molecular flexibility index (Phi) is 5.49. The minimum Gasteiger partial charge on any atom is -0.481 e. The van der Waals surface area contributed by atoms with Gasteiger partial charge in [0.25, 0.3) is 0 Å². The van der Waals surface area contributed by atoms with Crippen LogP contribution >= 0.6 is 0 Å². The first-order valence-electron chi connectivity index (χ1n) is 9.25. The van der Waals surface area contributed by atoms with Crippen LogP contribution in [0.15, 0.2) is 54.6 Å². The molecule has 1 fully saturated rings. The van der Waals surface area contributed by atoms with Crippen LogP contribution in [0, 0.1) is 6.92 Å². The number of aliphatic carboxylic acids is 1. The Bertz CT molecular complexity index is 803. The molecule has 0 aromatic heterocycles. The van der Waals surface area contributed by atoms with E-state index in [1.807, 2.05) is 68.4 Å². The fraction of sp³-hybridized carbons (Fsp3) is 0.364. The minimum atomic E-state index is -0.892. The number of hydrogen-bond donors (Lipinski definition) is 1. The van der Waals surface area contributed by atoms with E-state index < -0.39 is 17.7 Å². The summed E-state index contributed by atoms with van der Waals surface area (Å²) in [6.07, 6.45) is 0.385. The number of carboxylic acid groups (broad SMARTS) is 1. The van der Waals surface area contributed by atoms with Gasteiger partial charge < -0.3 is 14.7 Å². The van der Waals surface area contributed by atoms with Crippen molar-refractivity contribution >= 4 is 12.1 Å². The Morgan fingerprint density at radius 1 is 1.19 bits per heavy atom. The maximum absolute atomic E-state index is 12.9. The highest BCUT2D eigenvalue weighted by atomic mass is 16.6. The summed E-state index contributed by atoms with van der Waals surface area (Å²) in [6.45, 7) is 4.53. The number of rotatable bonds is 6. The number of amides is 1. The fourth-order valence-corrected chi connectivity index (χ4v) is 3.62. The first-order valence-corrected chi connectivity index (χ1v) is 9.25. The topological polar surface area (TPSA) is 66.8 Å². The summed E-state index contributed by atoms with van der Waals surface area (Å²) in [5.41, 5.74) is 2.18. The normalized spacial score (nSPS) is 20.8. The number of hydrogen-bond acceptors (Lipinski definition) is 3. The van der Waals surface area contributed by atoms with Crippen LogP contribution in [0.25, 0.3) is 0 Å². The van der Waals surface area contributed by atoms with Crippen molar-refractivity contribution in [1.29, 1.82) is 0 Å². The molecule has 0 spiro atoms. The second-order valence-corrected chi connectivity index (χ2v) is 7.15. The molecule has 0 bridgehead atoms. The summed E-state index contributed by atoms with van der Waals surface area (Å²) in [5.74, 6) is -0.892. The summed E-state index contributed by atoms with van der Waals surface area (Å²) >= 11 is 0. The zero-order chi connectivity index (χ0) is 19.4. The third kappa shape index (κ3) is 4.13. The van der Waals surface area contributed by atoms with Crippen molar-refractivity contribution in [3.8, 4) is 0 Å². The number of nitrogens with zero attached hydrogens (tertiary/aromatic N) is 1. The van der Waals surface area contributed by atoms with E-state index >= 15 is 0 Å². The zero-order valence-corrected chi connectivity index (χ0v) is 15.7. The molecule has 2 aromatic carbocycles. The van der Waals surface area contributed by atoms with E-state index in [9.17, 15) is 9.59 Å². The standard InChI is InChI=1S/C22H25NO4/c1-16-8-10-18(11-9-16)17(2)23-15-14-22(27-21(23)26,13-12-20(24)25)19-6-4-3-5-7-19/h3-11,17H,12-15H2,1-2H3,(H,24,25)/t17-,22+/m0/s1. The number of aryl methyl sites for hydroxylation is 1. The van der Waals surface area contributed by atoms with Gasteiger partial charge in [0.1, 0.15) is 5.60 Å². The van der Waals surface area contributed by atoms with E-state index in [1.54, 1.807) is 4.90 Å². The third-order valence-electron chi connectivity index (χ3n) is 5.34. The molecule has 0 radical (unpaired) electrons. The Labute approximate surface area is 159 Å². The van der Waals surface area contributed by atoms with Crippen LogP contribution in [-0.4, -0.2) is 28.6 Å². The van der Waals surface area contributed by atoms with Crippen molar-refractivity contribution in [2.24, 2.45) is 0 Å². The average Bonchev–Trinajstić information content (AvgIpc) is 2.67. The monoisotopic (exact) mass is 367 g/mol. The smallest absolute Gasteiger partial charge is 0.411 e. The molecule has 1 heterocycles. The first kappa shape index (κ1) is 19.0. The van der Waals surface area contributed by atoms with Crippen LogP contribution in [-0.2, 0) is 15.1 Å². The van der Waals surface area contributed by atoms with E-state index in [4.69, 9.17) is 9.84 Å². The van der Waals surface area contributed by atoms with E-state index in [-0.39, 0.29) is 18.9 Å². The predicted molar refractivity (Wildman–Crippen MR) is 102 cm³/mol. The molecular weight excluding hydrogens is 342 g/mol. The van der Waals surface area contributed by atoms with E-state index in [0.29, 0.717) is 13.0 Å². The minimum absolute atomic E-state index is 0.0459. The highest BCUT2D eigenvalue weighted by Gasteiger charge is 2.43. The predicted octanol–water partition coefficient (Wildman–Crippen LogP) is 4.66. The maximum Gasteiger partial charge on any atom is 0.411 e. The van der Waals surface area contributed by atoms with Crippen molar-refractivity contribution in [2.75, 3.05) is 6.54 Å². The highest BCUT2D eigenvalue weighted by Crippen LogP contribution is 2.40. The molecule has 5 heteroatoms. The van der Waals surface area contributed by atoms with Crippen LogP contribution in [0.5, 0.6) is 0 Å². The van der Waals surface area contributed by atoms with Crippen molar-refractivity contribution in [1.82, 2.24) is 4.90 Å². The highest BCUT2D eigenvalue weighted by molar-refractivity contribution is 5.71. The second kappa shape index (κ2) is 7.82. The van der Waals surface area contributed by atoms with Gasteiger partial charge in [-0.1, -0.05) is 60.2 Å². The molecule has 27 heavy (non-hydrogen) atoms. The van der Waals surface area contributed by atoms with Crippen LogP contribution in [0.4, 0.5) is 4.79 Å². The number of carbonyl (C=O) groups excluding carboxylic acids is 1. The van der Waals surface area contributed by atoms with Gasteiger partial charge in [-0.05, 0) is 25.0 Å². The van der Waals surface area contributed by atoms with Gasteiger partial charge in [0, 0.05) is 25.8 Å². The quantitative estimate of drug-likeness (QED) is 0.806. The molecule has 1 aliphatic rings. The number of cyclic esters (lactones) is 1. The number of benzene rings is 2. The molecule has 0 saturated carbocycles. The number of carboxylic acids is 1. The lowest BCUT2D eigenvalue weighted by Gasteiger charge is -2.43. The Balaban J connectivity index is 1.82. The van der Waals surface area contributed by atoms with Gasteiger partial charge in [-0.3, -0.25) is 4.79 Å². The molecule has 2 atom stereocenters. The van der Waals surface area contributed by atoms with E-state index in [1.165, 1.54) is 5.56 Å². The van der Waals surface area contributed by atoms with Gasteiger partial charge in [-0.25, -0.2) is 4.79 Å². The first-order chi connectivity index (χ1) is 12.9. The second-order valence-electron chi connectivity index (χ2n) is 7.15. The molecule has 0 unspecified atom stereocenters. The van der Waals surface area contributed by atoms with E-state index in [2.05, 4.69) is 0 Å². The van der Waals surface area contributed by atoms with E-state index in [0.717, 1.165) is 11.1 Å². The lowest BCUT2D eigenvalue weighted by molar-refractivity contribution is -0.139. The molecule has 1 saturated heterocycles. The van der Waals surface area contributed by atoms with Crippen molar-refractivity contribution in [3.05, 3.63) is 71.3 Å². The van der Waals surface area contributed by atoms with Crippen molar-refractivity contribution < 1.29 is 19.4 Å². The maximum atomic E-state index is 12.9. The molecule has 142 valence electrons. The summed E-state index contributed by atoms with van der Waals surface area (Å²) in [7, 11) is 0. The van der Waals surface area contributed by atoms with Crippen LogP contribution < -0.4 is 0 Å². The van der Waals surface area contributed by atoms with Gasteiger partial charge >= 0.3 is 12.1 Å². The van der Waals surface area contributed by atoms with Gasteiger partial charge in [0.05, 0.1) is 6.04 Å². The molecule has 0 aliphatic carbocycles. The van der Waals surface area contributed by atoms with Crippen molar-refractivity contribution in [3.63, 3.8) is 0 Å². The largest absolute Gasteiger partial charge is 0.481 e. The average molecular weight is 367 g/mol. The molecule has 5 nitrogen and oxygen atoms in total. The Morgan fingerprint density at radius 3 is 2.44 bits per heavy atom. The van der Waals surface area contributed by atoms with Gasteiger partial charge in [-0.2, -0.15) is 0 Å². The van der Waals surface area contributed by atoms with Gasteiger partial charge in [0.15, 0.2) is 0 Å². The summed E-state index contributed by atoms with van der Waals surface area (Å²) in [5, 5.41) is 9.13. The molecular formula is C22H25NO4. The molecule has 1 amide bonds. The summed E-state index contributed by atoms with van der Waals surface area (Å²) < 4.78 is 5.91. The van der Waals surface area contributed by atoms with Gasteiger partial charge in [0.2, 0.25) is 0 Å². The van der Waals surface area contributed by atoms with Gasteiger partial charge in [-0.15, -0.1) is 0 Å². The number of carbonyl (C=O) groups is 2. The Morgan fingerprint density at radius 2 is 1.85 bits per heavy atom. The molecule has 2 aromatic rings. The SMILES string of the molecule is Cc1ccc([C@H](C)N2CC[C@](CCC(=O)O)(c3ccccc3)OC2=O)cc1. The number of ether oxygens (including phenoxy) is 1. The van der Waals surface area contributed by atoms with Crippen LogP contribution in [0.2, 0.25) is 0 Å². The summed E-state index contributed by atoms with van der Waals surface area (Å²) in [4.78, 5) is 25.7. The molecule has 3 rings (SSSR count). The third-order valence-corrected chi connectivity index (χ3v) is 5.34. The van der Waals surface area contributed by atoms with Crippen LogP contribution in [0.1, 0.15) is 48.9 Å².